The number of imide groups is 1. The molecule has 1 aromatic heterocycles. The second kappa shape index (κ2) is 15.7. The lowest BCUT2D eigenvalue weighted by molar-refractivity contribution is -0.158. The molecule has 1 atom stereocenters. The van der Waals surface area contributed by atoms with Crippen molar-refractivity contribution in [2.75, 3.05) is 6.61 Å². The van der Waals surface area contributed by atoms with E-state index in [2.05, 4.69) is 10.3 Å². The van der Waals surface area contributed by atoms with E-state index in [0.29, 0.717) is 48.1 Å². The number of nitrogens with one attached hydrogen (secondary N) is 1. The highest BCUT2D eigenvalue weighted by atomic mass is 35.5. The van der Waals surface area contributed by atoms with Crippen molar-refractivity contribution in [1.82, 2.24) is 10.3 Å². The number of aryl methyl sites for hydroxylation is 2. The molecular weight excluding hydrogens is 628 g/mol. The van der Waals surface area contributed by atoms with E-state index < -0.39 is 10.9 Å². The van der Waals surface area contributed by atoms with Gasteiger partial charge in [-0.05, 0) is 76.1 Å². The highest BCUT2D eigenvalue weighted by molar-refractivity contribution is 8.15. The van der Waals surface area contributed by atoms with E-state index in [9.17, 15) is 19.2 Å². The fourth-order valence-electron chi connectivity index (χ4n) is 4.45. The number of hydrogen-bond donors (Lipinski definition) is 1. The van der Waals surface area contributed by atoms with Crippen LogP contribution in [0.15, 0.2) is 83.3 Å². The summed E-state index contributed by atoms with van der Waals surface area (Å²) >= 11 is 6.75. The Balaban J connectivity index is 0.000000254. The molecule has 3 aromatic carbocycles. The first-order valence-electron chi connectivity index (χ1n) is 14.7. The molecule has 2 heterocycles. The van der Waals surface area contributed by atoms with Crippen molar-refractivity contribution in [3.8, 4) is 17.2 Å². The Hall–Kier alpha value is -4.41. The van der Waals surface area contributed by atoms with E-state index in [-0.39, 0.29) is 22.9 Å². The maximum atomic E-state index is 12.6. The van der Waals surface area contributed by atoms with Crippen molar-refractivity contribution in [2.45, 2.75) is 57.8 Å². The van der Waals surface area contributed by atoms with Crippen LogP contribution in [0, 0.1) is 6.92 Å². The Bertz CT molecular complexity index is 1670. The van der Waals surface area contributed by atoms with E-state index in [1.54, 1.807) is 57.2 Å². The van der Waals surface area contributed by atoms with Crippen LogP contribution in [0.5, 0.6) is 5.75 Å². The Kier molecular flexibility index (Phi) is 11.8. The van der Waals surface area contributed by atoms with Crippen molar-refractivity contribution in [3.05, 3.63) is 106 Å². The van der Waals surface area contributed by atoms with Gasteiger partial charge in [-0.25, -0.2) is 9.78 Å². The van der Waals surface area contributed by atoms with E-state index in [0.717, 1.165) is 34.3 Å². The number of thioether (sulfide) groups is 1. The predicted octanol–water partition coefficient (Wildman–Crippen LogP) is 7.42. The van der Waals surface area contributed by atoms with E-state index in [1.807, 2.05) is 49.4 Å². The number of carbonyl (C=O) groups is 4. The number of nitrogens with zero attached hydrogens (tertiary/aromatic N) is 1. The average Bonchev–Trinajstić information content (AvgIpc) is 3.57. The van der Waals surface area contributed by atoms with Crippen LogP contribution < -0.4 is 10.1 Å². The number of esters is 1. The van der Waals surface area contributed by atoms with Crippen molar-refractivity contribution in [1.29, 1.82) is 0 Å². The molecule has 5 rings (SSSR count). The first-order valence-corrected chi connectivity index (χ1v) is 16.0. The summed E-state index contributed by atoms with van der Waals surface area (Å²) in [5.41, 5.74) is 2.22. The zero-order valence-corrected chi connectivity index (χ0v) is 27.6. The summed E-state index contributed by atoms with van der Waals surface area (Å²) in [6, 6.07) is 23.7. The Morgan fingerprint density at radius 1 is 1.00 bits per heavy atom. The Morgan fingerprint density at radius 3 is 2.28 bits per heavy atom. The summed E-state index contributed by atoms with van der Waals surface area (Å²) in [6.07, 6.45) is 1.29. The molecule has 1 aliphatic rings. The number of hydrogen-bond acceptors (Lipinski definition) is 9. The second-order valence-electron chi connectivity index (χ2n) is 10.9. The molecule has 0 aliphatic carbocycles. The molecular formula is C35H35ClN2O7S. The van der Waals surface area contributed by atoms with E-state index >= 15 is 0 Å². The minimum absolute atomic E-state index is 0.0216. The molecule has 0 saturated carbocycles. The first kappa shape index (κ1) is 34.5. The van der Waals surface area contributed by atoms with Crippen LogP contribution in [0.3, 0.4) is 0 Å². The Labute approximate surface area is 277 Å². The second-order valence-corrected chi connectivity index (χ2v) is 12.5. The molecule has 46 heavy (non-hydrogen) atoms. The highest BCUT2D eigenvalue weighted by Crippen LogP contribution is 2.25. The topological polar surface area (TPSA) is 125 Å². The average molecular weight is 663 g/mol. The molecule has 0 bridgehead atoms. The van der Waals surface area contributed by atoms with Crippen molar-refractivity contribution < 1.29 is 33.1 Å². The third-order valence-electron chi connectivity index (χ3n) is 6.92. The summed E-state index contributed by atoms with van der Waals surface area (Å²) < 4.78 is 16.2. The van der Waals surface area contributed by atoms with Gasteiger partial charge in [0.05, 0.1) is 17.6 Å². The number of ether oxygens (including phenoxy) is 2. The lowest BCUT2D eigenvalue weighted by Crippen LogP contribution is -2.39. The predicted molar refractivity (Wildman–Crippen MR) is 177 cm³/mol. The van der Waals surface area contributed by atoms with Gasteiger partial charge in [-0.1, -0.05) is 65.8 Å². The fourth-order valence-corrected chi connectivity index (χ4v) is 5.44. The van der Waals surface area contributed by atoms with Crippen LogP contribution in [-0.2, 0) is 27.2 Å². The van der Waals surface area contributed by atoms with Gasteiger partial charge in [0.25, 0.3) is 5.24 Å². The zero-order chi connectivity index (χ0) is 33.3. The minimum Gasteiger partial charge on any atom is -0.476 e. The number of benzene rings is 3. The molecule has 0 radical (unpaired) electrons. The standard InChI is InChI=1S/C23H20N2O4S.C12H15ClO3/c1-14-18(24-22(29-14)17-5-3-2-4-6-17)11-12-19(26)16-9-7-15(8-10-16)13-20-21(27)25-23(28)30-20;1-4-15-11(14)12(2,3)16-10-7-5-9(13)6-8-10/h2-10,20H,11-13H2,1H3,(H,25,27,28);5-8H,4H2,1-3H3. The van der Waals surface area contributed by atoms with Gasteiger partial charge in [0.15, 0.2) is 11.4 Å². The number of Topliss-reactive ketones (excluding diaryl/α,β-unsaturated/α-hetero) is 1. The summed E-state index contributed by atoms with van der Waals surface area (Å²) in [5, 5.41) is 2.19. The van der Waals surface area contributed by atoms with Crippen molar-refractivity contribution in [3.63, 3.8) is 0 Å². The molecule has 0 spiro atoms. The van der Waals surface area contributed by atoms with Gasteiger partial charge >= 0.3 is 5.97 Å². The number of ketones is 1. The van der Waals surface area contributed by atoms with Crippen molar-refractivity contribution >= 4 is 46.3 Å². The molecule has 1 unspecified atom stereocenters. The summed E-state index contributed by atoms with van der Waals surface area (Å²) in [7, 11) is 0. The van der Waals surface area contributed by atoms with Gasteiger partial charge in [-0.3, -0.25) is 19.7 Å². The quantitative estimate of drug-likeness (QED) is 0.129. The lowest BCUT2D eigenvalue weighted by Gasteiger charge is -2.23. The third kappa shape index (κ3) is 9.55. The monoisotopic (exact) mass is 662 g/mol. The first-order chi connectivity index (χ1) is 21.9. The van der Waals surface area contributed by atoms with Crippen LogP contribution in [0.25, 0.3) is 11.5 Å². The number of amides is 2. The highest BCUT2D eigenvalue weighted by Gasteiger charge is 2.32. The maximum Gasteiger partial charge on any atom is 0.349 e. The molecule has 1 aliphatic heterocycles. The molecule has 1 N–H and O–H groups in total. The molecule has 2 amide bonds. The van der Waals surface area contributed by atoms with Crippen LogP contribution >= 0.6 is 23.4 Å². The summed E-state index contributed by atoms with van der Waals surface area (Å²) in [5.74, 6) is 1.25. The van der Waals surface area contributed by atoms with Crippen LogP contribution in [0.2, 0.25) is 5.02 Å². The minimum atomic E-state index is -0.996. The van der Waals surface area contributed by atoms with E-state index in [4.69, 9.17) is 25.5 Å². The SMILES string of the molecule is CCOC(=O)C(C)(C)Oc1ccc(Cl)cc1.Cc1oc(-c2ccccc2)nc1CCC(=O)c1ccc(CC2SC(=O)NC2=O)cc1. The van der Waals surface area contributed by atoms with Crippen LogP contribution in [0.1, 0.15) is 54.6 Å². The number of halogens is 1. The zero-order valence-electron chi connectivity index (χ0n) is 26.0. The van der Waals surface area contributed by atoms with E-state index in [1.165, 1.54) is 0 Å². The molecule has 9 nitrogen and oxygen atoms in total. The molecule has 4 aromatic rings. The van der Waals surface area contributed by atoms with Crippen LogP contribution in [-0.4, -0.2) is 45.3 Å². The normalized spacial score (nSPS) is 14.2. The largest absolute Gasteiger partial charge is 0.476 e. The lowest BCUT2D eigenvalue weighted by atomic mass is 10.0. The third-order valence-corrected chi connectivity index (χ3v) is 8.15. The van der Waals surface area contributed by atoms with Gasteiger partial charge in [0, 0.05) is 29.0 Å². The van der Waals surface area contributed by atoms with Gasteiger partial charge in [-0.2, -0.15) is 0 Å². The molecule has 11 heteroatoms. The number of carbonyl (C=O) groups excluding carboxylic acids is 4. The summed E-state index contributed by atoms with van der Waals surface area (Å²) in [6.45, 7) is 7.29. The molecule has 1 saturated heterocycles. The van der Waals surface area contributed by atoms with Crippen LogP contribution in [0.4, 0.5) is 4.79 Å². The maximum absolute atomic E-state index is 12.6. The molecule has 240 valence electrons. The van der Waals surface area contributed by atoms with Gasteiger partial charge in [0.2, 0.25) is 11.8 Å². The van der Waals surface area contributed by atoms with Gasteiger partial charge < -0.3 is 13.9 Å². The molecule has 1 fully saturated rings. The summed E-state index contributed by atoms with van der Waals surface area (Å²) in [4.78, 5) is 51.6. The number of aromatic nitrogens is 1. The number of rotatable bonds is 11. The van der Waals surface area contributed by atoms with Gasteiger partial charge in [0.1, 0.15) is 11.5 Å². The Morgan fingerprint density at radius 2 is 1.67 bits per heavy atom. The fraction of sp³-hybridized carbons (Fsp3) is 0.286. The van der Waals surface area contributed by atoms with Gasteiger partial charge in [-0.15, -0.1) is 0 Å². The smallest absolute Gasteiger partial charge is 0.349 e. The number of oxazole rings is 1. The van der Waals surface area contributed by atoms with Crippen molar-refractivity contribution in [2.24, 2.45) is 0 Å².